The lowest BCUT2D eigenvalue weighted by atomic mass is 10.1. The zero-order valence-electron chi connectivity index (χ0n) is 14.5. The van der Waals surface area contributed by atoms with Gasteiger partial charge in [0, 0.05) is 25.4 Å². The zero-order chi connectivity index (χ0) is 18.2. The van der Waals surface area contributed by atoms with Gasteiger partial charge in [0.2, 0.25) is 5.91 Å². The molecule has 2 rings (SSSR count). The number of nitrogens with zero attached hydrogens (tertiary/aromatic N) is 2. The molecule has 1 amide bonds. The predicted octanol–water partition coefficient (Wildman–Crippen LogP) is 0.549. The first-order valence-corrected chi connectivity index (χ1v) is 7.75. The predicted molar refractivity (Wildman–Crippen MR) is 90.8 cm³/mol. The number of methoxy groups -OCH3 is 1. The van der Waals surface area contributed by atoms with Crippen molar-refractivity contribution in [1.29, 1.82) is 0 Å². The summed E-state index contributed by atoms with van der Waals surface area (Å²) in [5, 5.41) is 9.93. The number of nitrogens with one attached hydrogen (secondary N) is 2. The number of rotatable bonds is 8. The van der Waals surface area contributed by atoms with E-state index in [1.807, 2.05) is 6.07 Å². The molecule has 8 heteroatoms. The van der Waals surface area contributed by atoms with Crippen LogP contribution in [0.1, 0.15) is 17.2 Å². The van der Waals surface area contributed by atoms with E-state index in [9.17, 15) is 9.59 Å². The van der Waals surface area contributed by atoms with Crippen molar-refractivity contribution < 1.29 is 19.1 Å². The maximum atomic E-state index is 12.4. The number of carbonyl (C=O) groups is 2. The summed E-state index contributed by atoms with van der Waals surface area (Å²) in [7, 11) is 4.82. The van der Waals surface area contributed by atoms with E-state index in [0.717, 1.165) is 11.1 Å². The number of benzene rings is 1. The smallest absolute Gasteiger partial charge is 0.343 e. The van der Waals surface area contributed by atoms with Gasteiger partial charge in [-0.15, -0.1) is 0 Å². The number of amides is 1. The topological polar surface area (TPSA) is 94.5 Å². The lowest BCUT2D eigenvalue weighted by Crippen LogP contribution is -2.35. The summed E-state index contributed by atoms with van der Waals surface area (Å²) in [5.74, 6) is -0.0713. The lowest BCUT2D eigenvalue weighted by Gasteiger charge is -2.15. The second-order valence-corrected chi connectivity index (χ2v) is 5.40. The first-order chi connectivity index (χ1) is 12.0. The van der Waals surface area contributed by atoms with Gasteiger partial charge in [-0.05, 0) is 24.7 Å². The van der Waals surface area contributed by atoms with Gasteiger partial charge >= 0.3 is 5.97 Å². The Kier molecular flexibility index (Phi) is 6.53. The van der Waals surface area contributed by atoms with Crippen molar-refractivity contribution in [2.75, 3.05) is 20.8 Å². The minimum atomic E-state index is -0.479. The maximum Gasteiger partial charge on any atom is 0.343 e. The Bertz CT molecular complexity index is 729. The minimum absolute atomic E-state index is 0.156. The molecule has 0 radical (unpaired) electrons. The van der Waals surface area contributed by atoms with Gasteiger partial charge in [-0.3, -0.25) is 9.48 Å². The van der Waals surface area contributed by atoms with E-state index < -0.39 is 12.0 Å². The van der Waals surface area contributed by atoms with E-state index in [1.165, 1.54) is 7.11 Å². The van der Waals surface area contributed by atoms with Crippen LogP contribution in [0.5, 0.6) is 5.75 Å². The summed E-state index contributed by atoms with van der Waals surface area (Å²) >= 11 is 0. The Morgan fingerprint density at radius 1 is 1.36 bits per heavy atom. The van der Waals surface area contributed by atoms with E-state index in [0.29, 0.717) is 12.3 Å². The van der Waals surface area contributed by atoms with Crippen LogP contribution in [0.4, 0.5) is 0 Å². The highest BCUT2D eigenvalue weighted by Crippen LogP contribution is 2.15. The largest absolute Gasteiger partial charge is 0.482 e. The summed E-state index contributed by atoms with van der Waals surface area (Å²) < 4.78 is 11.5. The summed E-state index contributed by atoms with van der Waals surface area (Å²) in [6.45, 7) is 0.182. The van der Waals surface area contributed by atoms with Crippen molar-refractivity contribution in [1.82, 2.24) is 20.4 Å². The highest BCUT2D eigenvalue weighted by atomic mass is 16.6. The Balaban J connectivity index is 1.93. The molecule has 0 saturated heterocycles. The Morgan fingerprint density at radius 2 is 2.16 bits per heavy atom. The molecule has 0 saturated carbocycles. The number of carbonyl (C=O) groups excluding carboxylic acids is 2. The average molecular weight is 346 g/mol. The molecular formula is C17H22N4O4. The average Bonchev–Trinajstić information content (AvgIpc) is 3.05. The first kappa shape index (κ1) is 18.5. The maximum absolute atomic E-state index is 12.4. The third kappa shape index (κ3) is 5.32. The van der Waals surface area contributed by atoms with Crippen LogP contribution in [0.25, 0.3) is 0 Å². The van der Waals surface area contributed by atoms with Gasteiger partial charge in [-0.25, -0.2) is 4.79 Å². The molecule has 1 aromatic heterocycles. The van der Waals surface area contributed by atoms with Crippen molar-refractivity contribution in [2.24, 2.45) is 7.05 Å². The molecule has 0 aliphatic carbocycles. The summed E-state index contributed by atoms with van der Waals surface area (Å²) in [6.07, 6.45) is 3.45. The van der Waals surface area contributed by atoms with Crippen LogP contribution < -0.4 is 15.4 Å². The number of ether oxygens (including phenoxy) is 2. The van der Waals surface area contributed by atoms with Crippen molar-refractivity contribution in [2.45, 2.75) is 12.6 Å². The Labute approximate surface area is 146 Å². The fourth-order valence-electron chi connectivity index (χ4n) is 2.28. The quantitative estimate of drug-likeness (QED) is 0.678. The molecule has 0 spiro atoms. The Morgan fingerprint density at radius 3 is 2.80 bits per heavy atom. The molecule has 1 aromatic carbocycles. The van der Waals surface area contributed by atoms with Crippen molar-refractivity contribution in [3.05, 3.63) is 47.8 Å². The van der Waals surface area contributed by atoms with Gasteiger partial charge in [0.15, 0.2) is 6.61 Å². The molecule has 1 atom stereocenters. The van der Waals surface area contributed by atoms with Gasteiger partial charge in [0.05, 0.1) is 13.3 Å². The second-order valence-electron chi connectivity index (χ2n) is 5.40. The molecule has 25 heavy (non-hydrogen) atoms. The van der Waals surface area contributed by atoms with Crippen molar-refractivity contribution >= 4 is 11.9 Å². The van der Waals surface area contributed by atoms with E-state index in [-0.39, 0.29) is 12.5 Å². The fourth-order valence-corrected chi connectivity index (χ4v) is 2.28. The molecule has 0 fully saturated rings. The van der Waals surface area contributed by atoms with Gasteiger partial charge in [0.25, 0.3) is 0 Å². The molecule has 2 aromatic rings. The third-order valence-electron chi connectivity index (χ3n) is 3.56. The minimum Gasteiger partial charge on any atom is -0.482 e. The molecule has 0 bridgehead atoms. The number of hydrogen-bond acceptors (Lipinski definition) is 6. The standard InChI is InChI=1S/C17H22N4O4/c1-18-16(13-9-20-21(2)10-13)17(23)19-8-12-5-4-6-14(7-12)25-11-15(22)24-3/h4-7,9-10,16,18H,8,11H2,1-3H3,(H,19,23). The van der Waals surface area contributed by atoms with Gasteiger partial charge in [0.1, 0.15) is 11.8 Å². The molecule has 1 heterocycles. The number of aryl methyl sites for hydroxylation is 1. The number of aromatic nitrogens is 2. The van der Waals surface area contributed by atoms with Crippen LogP contribution >= 0.6 is 0 Å². The molecule has 0 aliphatic heterocycles. The number of hydrogen-bond donors (Lipinski definition) is 2. The highest BCUT2D eigenvalue weighted by molar-refractivity contribution is 5.83. The van der Waals surface area contributed by atoms with Gasteiger partial charge in [-0.2, -0.15) is 5.10 Å². The zero-order valence-corrected chi connectivity index (χ0v) is 14.5. The molecule has 0 aliphatic rings. The number of likely N-dealkylation sites (N-methyl/N-ethyl adjacent to an activating group) is 1. The van der Waals surface area contributed by atoms with Crippen LogP contribution in [0, 0.1) is 0 Å². The summed E-state index contributed by atoms with van der Waals surface area (Å²) in [5.41, 5.74) is 1.65. The van der Waals surface area contributed by atoms with Gasteiger partial charge < -0.3 is 20.1 Å². The van der Waals surface area contributed by atoms with Crippen LogP contribution in [0.3, 0.4) is 0 Å². The van der Waals surface area contributed by atoms with Crippen LogP contribution in [0.2, 0.25) is 0 Å². The van der Waals surface area contributed by atoms with Crippen molar-refractivity contribution in [3.63, 3.8) is 0 Å². The van der Waals surface area contributed by atoms with E-state index in [4.69, 9.17) is 4.74 Å². The normalized spacial score (nSPS) is 11.6. The first-order valence-electron chi connectivity index (χ1n) is 7.75. The van der Waals surface area contributed by atoms with Crippen LogP contribution in [-0.4, -0.2) is 42.4 Å². The van der Waals surface area contributed by atoms with E-state index in [1.54, 1.807) is 49.4 Å². The van der Waals surface area contributed by atoms with Crippen LogP contribution in [0.15, 0.2) is 36.7 Å². The van der Waals surface area contributed by atoms with E-state index in [2.05, 4.69) is 20.5 Å². The van der Waals surface area contributed by atoms with E-state index >= 15 is 0 Å². The molecule has 134 valence electrons. The van der Waals surface area contributed by atoms with Gasteiger partial charge in [-0.1, -0.05) is 12.1 Å². The fraction of sp³-hybridized carbons (Fsp3) is 0.353. The Hall–Kier alpha value is -2.87. The second kappa shape index (κ2) is 8.84. The molecular weight excluding hydrogens is 324 g/mol. The SMILES string of the molecule is CNC(C(=O)NCc1cccc(OCC(=O)OC)c1)c1cnn(C)c1. The van der Waals surface area contributed by atoms with Crippen LogP contribution in [-0.2, 0) is 27.9 Å². The number of esters is 1. The highest BCUT2D eigenvalue weighted by Gasteiger charge is 2.19. The van der Waals surface area contributed by atoms with Crippen molar-refractivity contribution in [3.8, 4) is 5.75 Å². The summed E-state index contributed by atoms with van der Waals surface area (Å²) in [6, 6.07) is 6.68. The monoisotopic (exact) mass is 346 g/mol. The molecule has 2 N–H and O–H groups in total. The molecule has 1 unspecified atom stereocenters. The summed E-state index contributed by atoms with van der Waals surface area (Å²) in [4.78, 5) is 23.5. The third-order valence-corrected chi connectivity index (χ3v) is 3.56. The lowest BCUT2D eigenvalue weighted by molar-refractivity contribution is -0.142. The molecule has 8 nitrogen and oxygen atoms in total.